The highest BCUT2D eigenvalue weighted by molar-refractivity contribution is 6.05. The molecule has 0 saturated heterocycles. The van der Waals surface area contributed by atoms with E-state index in [9.17, 15) is 4.79 Å². The van der Waals surface area contributed by atoms with E-state index in [0.717, 1.165) is 16.6 Å². The van der Waals surface area contributed by atoms with Crippen molar-refractivity contribution < 1.29 is 4.79 Å². The van der Waals surface area contributed by atoms with Crippen LogP contribution in [0.3, 0.4) is 0 Å². The Balaban J connectivity index is 1.54. The monoisotopic (exact) mass is 314 g/mol. The first kappa shape index (κ1) is 14.1. The molecule has 0 saturated carbocycles. The molecule has 1 N–H and O–H groups in total. The summed E-state index contributed by atoms with van der Waals surface area (Å²) in [5, 5.41) is 8.04. The van der Waals surface area contributed by atoms with Gasteiger partial charge in [0.25, 0.3) is 5.91 Å². The van der Waals surface area contributed by atoms with Gasteiger partial charge in [0, 0.05) is 23.3 Å². The molecule has 1 amide bonds. The van der Waals surface area contributed by atoms with Crippen LogP contribution in [0.15, 0.2) is 79.3 Å². The Hall–Kier alpha value is -3.47. The molecule has 0 spiro atoms. The van der Waals surface area contributed by atoms with Crippen LogP contribution in [-0.4, -0.2) is 20.7 Å². The average molecular weight is 314 g/mol. The molecule has 0 radical (unpaired) electrons. The van der Waals surface area contributed by atoms with E-state index in [-0.39, 0.29) is 5.91 Å². The van der Waals surface area contributed by atoms with Crippen LogP contribution in [0, 0.1) is 0 Å². The van der Waals surface area contributed by atoms with Crippen LogP contribution in [0.4, 0.5) is 5.69 Å². The molecule has 0 atom stereocenters. The number of aromatic nitrogens is 3. The number of hydrogen-bond acceptors (Lipinski definition) is 3. The van der Waals surface area contributed by atoms with Crippen LogP contribution >= 0.6 is 0 Å². The number of nitrogens with one attached hydrogen (secondary N) is 1. The first-order valence-electron chi connectivity index (χ1n) is 7.56. The fourth-order valence-electron chi connectivity index (χ4n) is 2.53. The molecule has 24 heavy (non-hydrogen) atoms. The van der Waals surface area contributed by atoms with Crippen molar-refractivity contribution in [2.75, 3.05) is 5.32 Å². The average Bonchev–Trinajstić information content (AvgIpc) is 3.16. The van der Waals surface area contributed by atoms with E-state index in [4.69, 9.17) is 0 Å². The van der Waals surface area contributed by atoms with Crippen molar-refractivity contribution in [3.8, 4) is 5.69 Å². The lowest BCUT2D eigenvalue weighted by Crippen LogP contribution is -2.12. The van der Waals surface area contributed by atoms with Crippen LogP contribution in [0.5, 0.6) is 0 Å². The van der Waals surface area contributed by atoms with Gasteiger partial charge in [-0.15, -0.1) is 0 Å². The van der Waals surface area contributed by atoms with Gasteiger partial charge < -0.3 is 5.32 Å². The van der Waals surface area contributed by atoms with Gasteiger partial charge in [0.15, 0.2) is 0 Å². The van der Waals surface area contributed by atoms with Gasteiger partial charge in [-0.05, 0) is 42.5 Å². The Morgan fingerprint density at radius 3 is 2.62 bits per heavy atom. The zero-order chi connectivity index (χ0) is 16.4. The SMILES string of the molecule is O=C(Nc1cnc2ccccc2c1)c1ccc(-n2cccn2)cc1. The minimum absolute atomic E-state index is 0.168. The fourth-order valence-corrected chi connectivity index (χ4v) is 2.53. The molecule has 0 bridgehead atoms. The van der Waals surface area contributed by atoms with Gasteiger partial charge in [-0.1, -0.05) is 18.2 Å². The second-order valence-corrected chi connectivity index (χ2v) is 5.37. The normalized spacial score (nSPS) is 10.7. The number of benzene rings is 2. The molecular weight excluding hydrogens is 300 g/mol. The maximum atomic E-state index is 12.4. The van der Waals surface area contributed by atoms with Gasteiger partial charge in [-0.25, -0.2) is 4.68 Å². The molecule has 0 aliphatic heterocycles. The summed E-state index contributed by atoms with van der Waals surface area (Å²) in [7, 11) is 0. The highest BCUT2D eigenvalue weighted by Crippen LogP contribution is 2.17. The number of amides is 1. The second kappa shape index (κ2) is 5.96. The highest BCUT2D eigenvalue weighted by atomic mass is 16.1. The van der Waals surface area contributed by atoms with Crippen molar-refractivity contribution >= 4 is 22.5 Å². The third-order valence-electron chi connectivity index (χ3n) is 3.75. The molecule has 2 aromatic carbocycles. The van der Waals surface area contributed by atoms with Crippen molar-refractivity contribution in [2.24, 2.45) is 0 Å². The molecule has 4 rings (SSSR count). The predicted octanol–water partition coefficient (Wildman–Crippen LogP) is 3.67. The summed E-state index contributed by atoms with van der Waals surface area (Å²) >= 11 is 0. The molecule has 0 fully saturated rings. The first-order chi connectivity index (χ1) is 11.8. The number of fused-ring (bicyclic) bond motifs is 1. The van der Waals surface area contributed by atoms with E-state index in [1.807, 2.05) is 54.7 Å². The van der Waals surface area contributed by atoms with Gasteiger partial charge in [0.2, 0.25) is 0 Å². The van der Waals surface area contributed by atoms with Crippen molar-refractivity contribution in [1.82, 2.24) is 14.8 Å². The van der Waals surface area contributed by atoms with E-state index < -0.39 is 0 Å². The number of para-hydroxylation sites is 1. The summed E-state index contributed by atoms with van der Waals surface area (Å²) in [6, 6.07) is 18.8. The number of hydrogen-bond donors (Lipinski definition) is 1. The molecule has 2 aromatic heterocycles. The lowest BCUT2D eigenvalue weighted by Gasteiger charge is -2.07. The summed E-state index contributed by atoms with van der Waals surface area (Å²) in [5.41, 5.74) is 3.07. The summed E-state index contributed by atoms with van der Waals surface area (Å²) < 4.78 is 1.74. The lowest BCUT2D eigenvalue weighted by molar-refractivity contribution is 0.102. The van der Waals surface area contributed by atoms with E-state index in [1.54, 1.807) is 29.2 Å². The molecule has 0 aliphatic rings. The van der Waals surface area contributed by atoms with Crippen molar-refractivity contribution in [3.63, 3.8) is 0 Å². The van der Waals surface area contributed by atoms with Crippen LogP contribution in [0.1, 0.15) is 10.4 Å². The number of nitrogens with zero attached hydrogens (tertiary/aromatic N) is 3. The van der Waals surface area contributed by atoms with Crippen LogP contribution in [0.2, 0.25) is 0 Å². The Morgan fingerprint density at radius 2 is 1.83 bits per heavy atom. The Labute approximate surface area is 138 Å². The molecule has 0 aliphatic carbocycles. The largest absolute Gasteiger partial charge is 0.321 e. The highest BCUT2D eigenvalue weighted by Gasteiger charge is 2.07. The smallest absolute Gasteiger partial charge is 0.255 e. The van der Waals surface area contributed by atoms with E-state index in [0.29, 0.717) is 11.3 Å². The van der Waals surface area contributed by atoms with Gasteiger partial charge in [0.1, 0.15) is 0 Å². The fraction of sp³-hybridized carbons (Fsp3) is 0. The summed E-state index contributed by atoms with van der Waals surface area (Å²) in [4.78, 5) is 16.7. The van der Waals surface area contributed by atoms with Crippen LogP contribution < -0.4 is 5.32 Å². The van der Waals surface area contributed by atoms with Crippen LogP contribution in [0.25, 0.3) is 16.6 Å². The molecule has 0 unspecified atom stereocenters. The van der Waals surface area contributed by atoms with Gasteiger partial charge >= 0.3 is 0 Å². The van der Waals surface area contributed by atoms with Gasteiger partial charge in [0.05, 0.1) is 23.1 Å². The quantitative estimate of drug-likeness (QED) is 0.627. The van der Waals surface area contributed by atoms with E-state index >= 15 is 0 Å². The molecule has 5 nitrogen and oxygen atoms in total. The Morgan fingerprint density at radius 1 is 1.00 bits per heavy atom. The van der Waals surface area contributed by atoms with Crippen molar-refractivity contribution in [3.05, 3.63) is 84.8 Å². The zero-order valence-electron chi connectivity index (χ0n) is 12.8. The van der Waals surface area contributed by atoms with Gasteiger partial charge in [-0.2, -0.15) is 5.10 Å². The summed E-state index contributed by atoms with van der Waals surface area (Å²) in [6.07, 6.45) is 5.24. The molecular formula is C19H14N4O. The molecule has 116 valence electrons. The Kier molecular flexibility index (Phi) is 3.51. The van der Waals surface area contributed by atoms with Crippen molar-refractivity contribution in [1.29, 1.82) is 0 Å². The standard InChI is InChI=1S/C19H14N4O/c24-19(14-6-8-17(9-7-14)23-11-3-10-21-23)22-16-12-15-4-1-2-5-18(15)20-13-16/h1-13H,(H,22,24). The lowest BCUT2D eigenvalue weighted by atomic mass is 10.2. The van der Waals surface area contributed by atoms with E-state index in [1.165, 1.54) is 0 Å². The minimum Gasteiger partial charge on any atom is -0.321 e. The third kappa shape index (κ3) is 2.75. The number of carbonyl (C=O) groups excluding carboxylic acids is 1. The maximum absolute atomic E-state index is 12.4. The first-order valence-corrected chi connectivity index (χ1v) is 7.56. The topological polar surface area (TPSA) is 59.8 Å². The Bertz CT molecular complexity index is 992. The van der Waals surface area contributed by atoms with E-state index in [2.05, 4.69) is 15.4 Å². The van der Waals surface area contributed by atoms with Crippen LogP contribution in [-0.2, 0) is 0 Å². The molecule has 5 heteroatoms. The number of carbonyl (C=O) groups is 1. The zero-order valence-corrected chi connectivity index (χ0v) is 12.8. The van der Waals surface area contributed by atoms with Gasteiger partial charge in [-0.3, -0.25) is 9.78 Å². The maximum Gasteiger partial charge on any atom is 0.255 e. The summed E-state index contributed by atoms with van der Waals surface area (Å²) in [6.45, 7) is 0. The molecule has 4 aromatic rings. The summed E-state index contributed by atoms with van der Waals surface area (Å²) in [5.74, 6) is -0.168. The van der Waals surface area contributed by atoms with Crippen molar-refractivity contribution in [2.45, 2.75) is 0 Å². The predicted molar refractivity (Wildman–Crippen MR) is 93.3 cm³/mol. The number of pyridine rings is 1. The number of rotatable bonds is 3. The number of anilines is 1. The second-order valence-electron chi connectivity index (χ2n) is 5.37. The molecule has 2 heterocycles. The third-order valence-corrected chi connectivity index (χ3v) is 3.75. The minimum atomic E-state index is -0.168.